The van der Waals surface area contributed by atoms with Gasteiger partial charge >= 0.3 is 0 Å². The zero-order chi connectivity index (χ0) is 14.6. The van der Waals surface area contributed by atoms with E-state index in [0.717, 1.165) is 24.2 Å². The summed E-state index contributed by atoms with van der Waals surface area (Å²) >= 11 is 0. The lowest BCUT2D eigenvalue weighted by Gasteiger charge is -2.17. The molecule has 0 aromatic heterocycles. The number of hydrogen-bond acceptors (Lipinski definition) is 2. The molecule has 1 N–H and O–H groups in total. The van der Waals surface area contributed by atoms with Gasteiger partial charge in [0.2, 0.25) is 5.91 Å². The quantitative estimate of drug-likeness (QED) is 0.854. The van der Waals surface area contributed by atoms with Crippen LogP contribution >= 0.6 is 0 Å². The number of carbonyl (C=O) groups is 1. The van der Waals surface area contributed by atoms with Crippen molar-refractivity contribution < 1.29 is 9.53 Å². The third kappa shape index (κ3) is 3.86. The lowest BCUT2D eigenvalue weighted by molar-refractivity contribution is -0.117. The first-order valence-corrected chi connectivity index (χ1v) is 7.12. The summed E-state index contributed by atoms with van der Waals surface area (Å²) in [5.41, 5.74) is 1.27. The molecule has 1 aromatic rings. The number of rotatable bonds is 4. The predicted octanol–water partition coefficient (Wildman–Crippen LogP) is 3.40. The molecule has 3 heteroatoms. The molecule has 0 radical (unpaired) electrons. The zero-order valence-corrected chi connectivity index (χ0v) is 12.5. The van der Waals surface area contributed by atoms with Crippen molar-refractivity contribution in [2.45, 2.75) is 39.2 Å². The number of hydrogen-bond donors (Lipinski definition) is 1. The van der Waals surface area contributed by atoms with Crippen LogP contribution in [0, 0.1) is 5.41 Å². The topological polar surface area (TPSA) is 38.3 Å². The summed E-state index contributed by atoms with van der Waals surface area (Å²) in [5.74, 6) is 0.747. The van der Waals surface area contributed by atoms with Crippen molar-refractivity contribution in [2.75, 3.05) is 7.11 Å². The maximum absolute atomic E-state index is 11.9. The fourth-order valence-corrected chi connectivity index (χ4v) is 2.78. The molecular weight excluding hydrogens is 250 g/mol. The molecular formula is C17H23NO2. The van der Waals surface area contributed by atoms with Crippen LogP contribution in [0.4, 0.5) is 0 Å². The molecule has 0 heterocycles. The second-order valence-corrected chi connectivity index (χ2v) is 6.19. The standard InChI is InChI=1S/C17H23NO2/c1-17(2)11-10-14(12-17)18-16(19)9-8-13-6-4-5-7-15(13)20-3/h4-9,14H,10-12H2,1-3H3,(H,18,19)/b9-8+. The van der Waals surface area contributed by atoms with Gasteiger partial charge in [-0.3, -0.25) is 4.79 Å². The number of ether oxygens (including phenoxy) is 1. The Labute approximate surface area is 121 Å². The van der Waals surface area contributed by atoms with Gasteiger partial charge in [0.05, 0.1) is 7.11 Å². The average Bonchev–Trinajstić information content (AvgIpc) is 2.76. The third-order valence-electron chi connectivity index (χ3n) is 3.87. The Balaban J connectivity index is 1.93. The van der Waals surface area contributed by atoms with Gasteiger partial charge in [0.1, 0.15) is 5.75 Å². The third-order valence-corrected chi connectivity index (χ3v) is 3.87. The van der Waals surface area contributed by atoms with Crippen LogP contribution in [0.2, 0.25) is 0 Å². The van der Waals surface area contributed by atoms with Crippen LogP contribution in [-0.4, -0.2) is 19.1 Å². The van der Waals surface area contributed by atoms with Crippen molar-refractivity contribution in [1.82, 2.24) is 5.32 Å². The minimum atomic E-state index is -0.0291. The zero-order valence-electron chi connectivity index (χ0n) is 12.5. The van der Waals surface area contributed by atoms with Crippen LogP contribution in [0.25, 0.3) is 6.08 Å². The fourth-order valence-electron chi connectivity index (χ4n) is 2.78. The molecule has 1 amide bonds. The Morgan fingerprint density at radius 1 is 1.40 bits per heavy atom. The van der Waals surface area contributed by atoms with Gasteiger partial charge in [-0.15, -0.1) is 0 Å². The van der Waals surface area contributed by atoms with Crippen molar-refractivity contribution in [3.05, 3.63) is 35.9 Å². The molecule has 1 atom stereocenters. The van der Waals surface area contributed by atoms with E-state index >= 15 is 0 Å². The summed E-state index contributed by atoms with van der Waals surface area (Å²) in [6, 6.07) is 7.97. The molecule has 3 nitrogen and oxygen atoms in total. The Morgan fingerprint density at radius 3 is 2.80 bits per heavy atom. The fraction of sp³-hybridized carbons (Fsp3) is 0.471. The van der Waals surface area contributed by atoms with Gasteiger partial charge in [0, 0.05) is 17.7 Å². The summed E-state index contributed by atoms with van der Waals surface area (Å²) in [7, 11) is 1.63. The van der Waals surface area contributed by atoms with Gasteiger partial charge in [0.25, 0.3) is 0 Å². The Bertz CT molecular complexity index is 505. The largest absolute Gasteiger partial charge is 0.496 e. The van der Waals surface area contributed by atoms with Crippen molar-refractivity contribution in [2.24, 2.45) is 5.41 Å². The number of amides is 1. The highest BCUT2D eigenvalue weighted by Gasteiger charge is 2.31. The molecule has 0 bridgehead atoms. The molecule has 0 saturated heterocycles. The van der Waals surface area contributed by atoms with Crippen molar-refractivity contribution in [3.8, 4) is 5.75 Å². The number of carbonyl (C=O) groups excluding carboxylic acids is 1. The number of nitrogens with one attached hydrogen (secondary N) is 1. The van der Waals surface area contributed by atoms with E-state index < -0.39 is 0 Å². The predicted molar refractivity (Wildman–Crippen MR) is 81.6 cm³/mol. The van der Waals surface area contributed by atoms with Crippen molar-refractivity contribution in [3.63, 3.8) is 0 Å². The van der Waals surface area contributed by atoms with Gasteiger partial charge in [0.15, 0.2) is 0 Å². The summed E-state index contributed by atoms with van der Waals surface area (Å²) in [4.78, 5) is 11.9. The molecule has 1 aliphatic rings. The highest BCUT2D eigenvalue weighted by atomic mass is 16.5. The van der Waals surface area contributed by atoms with Gasteiger partial charge in [-0.25, -0.2) is 0 Å². The maximum atomic E-state index is 11.9. The molecule has 0 aliphatic heterocycles. The van der Waals surface area contributed by atoms with E-state index in [1.807, 2.05) is 24.3 Å². The second kappa shape index (κ2) is 6.12. The molecule has 1 unspecified atom stereocenters. The lowest BCUT2D eigenvalue weighted by Crippen LogP contribution is -2.32. The van der Waals surface area contributed by atoms with Crippen LogP contribution in [0.5, 0.6) is 5.75 Å². The number of para-hydroxylation sites is 1. The van der Waals surface area contributed by atoms with Crippen LogP contribution in [0.3, 0.4) is 0 Å². The smallest absolute Gasteiger partial charge is 0.244 e. The lowest BCUT2D eigenvalue weighted by atomic mass is 9.92. The van der Waals surface area contributed by atoms with Gasteiger partial charge in [-0.05, 0) is 36.8 Å². The monoisotopic (exact) mass is 273 g/mol. The van der Waals surface area contributed by atoms with Crippen LogP contribution in [0.15, 0.2) is 30.3 Å². The Hall–Kier alpha value is -1.77. The van der Waals surface area contributed by atoms with Crippen LogP contribution in [0.1, 0.15) is 38.7 Å². The summed E-state index contributed by atoms with van der Waals surface area (Å²) in [5, 5.41) is 3.08. The molecule has 0 spiro atoms. The van der Waals surface area contributed by atoms with E-state index in [2.05, 4.69) is 19.2 Å². The van der Waals surface area contributed by atoms with E-state index in [1.54, 1.807) is 19.3 Å². The molecule has 20 heavy (non-hydrogen) atoms. The SMILES string of the molecule is COc1ccccc1/C=C/C(=O)NC1CCC(C)(C)C1. The van der Waals surface area contributed by atoms with E-state index in [0.29, 0.717) is 11.5 Å². The van der Waals surface area contributed by atoms with Gasteiger partial charge in [-0.1, -0.05) is 32.0 Å². The first-order chi connectivity index (χ1) is 9.50. The van der Waals surface area contributed by atoms with Crippen LogP contribution < -0.4 is 10.1 Å². The van der Waals surface area contributed by atoms with Gasteiger partial charge < -0.3 is 10.1 Å². The Kier molecular flexibility index (Phi) is 4.48. The molecule has 1 fully saturated rings. The highest BCUT2D eigenvalue weighted by Crippen LogP contribution is 2.36. The molecule has 108 valence electrons. The van der Waals surface area contributed by atoms with E-state index in [9.17, 15) is 4.79 Å². The first-order valence-electron chi connectivity index (χ1n) is 7.12. The average molecular weight is 273 g/mol. The number of methoxy groups -OCH3 is 1. The van der Waals surface area contributed by atoms with Gasteiger partial charge in [-0.2, -0.15) is 0 Å². The normalized spacial score (nSPS) is 21.1. The van der Waals surface area contributed by atoms with Crippen molar-refractivity contribution in [1.29, 1.82) is 0 Å². The molecule has 1 saturated carbocycles. The molecule has 1 aromatic carbocycles. The first kappa shape index (κ1) is 14.6. The Morgan fingerprint density at radius 2 is 2.15 bits per heavy atom. The maximum Gasteiger partial charge on any atom is 0.244 e. The summed E-state index contributed by atoms with van der Waals surface area (Å²) in [6.07, 6.45) is 6.69. The number of benzene rings is 1. The van der Waals surface area contributed by atoms with E-state index in [4.69, 9.17) is 4.74 Å². The van der Waals surface area contributed by atoms with E-state index in [1.165, 1.54) is 6.42 Å². The minimum absolute atomic E-state index is 0.0291. The van der Waals surface area contributed by atoms with E-state index in [-0.39, 0.29) is 5.91 Å². The van der Waals surface area contributed by atoms with Crippen LogP contribution in [-0.2, 0) is 4.79 Å². The summed E-state index contributed by atoms with van der Waals surface area (Å²) in [6.45, 7) is 4.51. The second-order valence-electron chi connectivity index (χ2n) is 6.19. The van der Waals surface area contributed by atoms with Crippen molar-refractivity contribution >= 4 is 12.0 Å². The summed E-state index contributed by atoms with van der Waals surface area (Å²) < 4.78 is 5.26. The molecule has 2 rings (SSSR count). The molecule has 1 aliphatic carbocycles. The highest BCUT2D eigenvalue weighted by molar-refractivity contribution is 5.92. The minimum Gasteiger partial charge on any atom is -0.496 e.